The lowest BCUT2D eigenvalue weighted by Crippen LogP contribution is -2.32. The lowest BCUT2D eigenvalue weighted by Gasteiger charge is -2.21. The van der Waals surface area contributed by atoms with E-state index in [-0.39, 0.29) is 0 Å². The van der Waals surface area contributed by atoms with Crippen LogP contribution in [0.25, 0.3) is 10.9 Å². The first kappa shape index (κ1) is 13.8. The van der Waals surface area contributed by atoms with Gasteiger partial charge in [-0.05, 0) is 19.0 Å². The third-order valence-corrected chi connectivity index (χ3v) is 4.10. The fraction of sp³-hybridized carbons (Fsp3) is 0.467. The second kappa shape index (κ2) is 6.50. The van der Waals surface area contributed by atoms with E-state index in [1.54, 1.807) is 0 Å². The van der Waals surface area contributed by atoms with E-state index >= 15 is 0 Å². The molecule has 0 spiro atoms. The highest BCUT2D eigenvalue weighted by Crippen LogP contribution is 2.16. The molecule has 3 rings (SSSR count). The SMILES string of the molecule is BrCCN1CCCN(c2ncc3ccccc3n2)CC1. The molecule has 1 aliphatic heterocycles. The van der Waals surface area contributed by atoms with Gasteiger partial charge in [0.25, 0.3) is 0 Å². The first-order valence-electron chi connectivity index (χ1n) is 7.12. The highest BCUT2D eigenvalue weighted by atomic mass is 79.9. The average Bonchev–Trinajstić information content (AvgIpc) is 2.73. The standard InChI is InChI=1S/C15H19BrN4/c16-6-9-19-7-3-8-20(11-10-19)15-17-12-13-4-1-2-5-14(13)18-15/h1-2,4-5,12H,3,6-11H2. The molecule has 0 aliphatic carbocycles. The van der Waals surface area contributed by atoms with Crippen LogP contribution in [0.2, 0.25) is 0 Å². The van der Waals surface area contributed by atoms with Crippen LogP contribution in [-0.4, -0.2) is 52.9 Å². The maximum absolute atomic E-state index is 4.70. The summed E-state index contributed by atoms with van der Waals surface area (Å²) in [7, 11) is 0. The van der Waals surface area contributed by atoms with Crippen molar-refractivity contribution in [1.29, 1.82) is 0 Å². The number of rotatable bonds is 3. The number of benzene rings is 1. The fourth-order valence-electron chi connectivity index (χ4n) is 2.63. The smallest absolute Gasteiger partial charge is 0.225 e. The summed E-state index contributed by atoms with van der Waals surface area (Å²) in [4.78, 5) is 14.0. The Morgan fingerprint density at radius 3 is 2.90 bits per heavy atom. The summed E-state index contributed by atoms with van der Waals surface area (Å²) in [5, 5.41) is 2.14. The van der Waals surface area contributed by atoms with Crippen LogP contribution in [0, 0.1) is 0 Å². The molecule has 0 N–H and O–H groups in total. The Labute approximate surface area is 127 Å². The molecule has 1 fully saturated rings. The van der Waals surface area contributed by atoms with Crippen molar-refractivity contribution >= 4 is 32.8 Å². The molecule has 0 unspecified atom stereocenters. The van der Waals surface area contributed by atoms with E-state index in [2.05, 4.69) is 42.8 Å². The van der Waals surface area contributed by atoms with Crippen LogP contribution in [0.5, 0.6) is 0 Å². The van der Waals surface area contributed by atoms with Gasteiger partial charge in [-0.25, -0.2) is 9.97 Å². The Kier molecular flexibility index (Phi) is 4.47. The topological polar surface area (TPSA) is 32.3 Å². The Morgan fingerprint density at radius 2 is 2.00 bits per heavy atom. The van der Waals surface area contributed by atoms with Crippen molar-refractivity contribution in [2.24, 2.45) is 0 Å². The van der Waals surface area contributed by atoms with Crippen molar-refractivity contribution in [3.05, 3.63) is 30.5 Å². The lowest BCUT2D eigenvalue weighted by molar-refractivity contribution is 0.313. The van der Waals surface area contributed by atoms with Crippen LogP contribution in [0.15, 0.2) is 30.5 Å². The van der Waals surface area contributed by atoms with Crippen LogP contribution < -0.4 is 4.90 Å². The molecule has 1 aromatic carbocycles. The van der Waals surface area contributed by atoms with E-state index in [0.29, 0.717) is 0 Å². The van der Waals surface area contributed by atoms with E-state index in [1.165, 1.54) is 6.42 Å². The first-order valence-corrected chi connectivity index (χ1v) is 8.24. The average molecular weight is 335 g/mol. The minimum atomic E-state index is 0.865. The number of anilines is 1. The lowest BCUT2D eigenvalue weighted by atomic mass is 10.2. The van der Waals surface area contributed by atoms with Gasteiger partial charge in [0, 0.05) is 43.1 Å². The molecule has 4 nitrogen and oxygen atoms in total. The molecule has 1 aliphatic rings. The quantitative estimate of drug-likeness (QED) is 0.807. The maximum Gasteiger partial charge on any atom is 0.225 e. The maximum atomic E-state index is 4.70. The number of hydrogen-bond donors (Lipinski definition) is 0. The summed E-state index contributed by atoms with van der Waals surface area (Å²) in [6, 6.07) is 8.16. The number of hydrogen-bond acceptors (Lipinski definition) is 4. The predicted molar refractivity (Wildman–Crippen MR) is 86.6 cm³/mol. The van der Waals surface area contributed by atoms with Gasteiger partial charge in [-0.15, -0.1) is 0 Å². The summed E-state index contributed by atoms with van der Waals surface area (Å²) in [5.41, 5.74) is 1.03. The molecule has 20 heavy (non-hydrogen) atoms. The molecule has 106 valence electrons. The number of aromatic nitrogens is 2. The summed E-state index contributed by atoms with van der Waals surface area (Å²) in [6.07, 6.45) is 3.10. The van der Waals surface area contributed by atoms with E-state index < -0.39 is 0 Å². The van der Waals surface area contributed by atoms with E-state index in [9.17, 15) is 0 Å². The first-order chi connectivity index (χ1) is 9.86. The molecular formula is C15H19BrN4. The van der Waals surface area contributed by atoms with Gasteiger partial charge in [-0.3, -0.25) is 0 Å². The third-order valence-electron chi connectivity index (χ3n) is 3.75. The van der Waals surface area contributed by atoms with Crippen molar-refractivity contribution in [3.63, 3.8) is 0 Å². The van der Waals surface area contributed by atoms with Crippen LogP contribution >= 0.6 is 15.9 Å². The Morgan fingerprint density at radius 1 is 1.10 bits per heavy atom. The molecule has 0 saturated carbocycles. The molecule has 2 aromatic rings. The largest absolute Gasteiger partial charge is 0.339 e. The van der Waals surface area contributed by atoms with Gasteiger partial charge < -0.3 is 9.80 Å². The van der Waals surface area contributed by atoms with Crippen LogP contribution in [-0.2, 0) is 0 Å². The van der Waals surface area contributed by atoms with Gasteiger partial charge in [-0.1, -0.05) is 34.1 Å². The van der Waals surface area contributed by atoms with Gasteiger partial charge in [0.15, 0.2) is 0 Å². The number of halogens is 1. The highest BCUT2D eigenvalue weighted by molar-refractivity contribution is 9.09. The number of alkyl halides is 1. The zero-order valence-corrected chi connectivity index (χ0v) is 13.1. The molecule has 5 heteroatoms. The second-order valence-electron chi connectivity index (χ2n) is 5.10. The normalized spacial score (nSPS) is 17.4. The predicted octanol–water partition coefficient (Wildman–Crippen LogP) is 2.54. The zero-order valence-electron chi connectivity index (χ0n) is 11.5. The van der Waals surface area contributed by atoms with Gasteiger partial charge in [0.1, 0.15) is 0 Å². The van der Waals surface area contributed by atoms with Crippen molar-refractivity contribution in [2.75, 3.05) is 43.0 Å². The van der Waals surface area contributed by atoms with Gasteiger partial charge in [0.2, 0.25) is 5.95 Å². The van der Waals surface area contributed by atoms with Gasteiger partial charge >= 0.3 is 0 Å². The molecule has 1 aromatic heterocycles. The van der Waals surface area contributed by atoms with Crippen molar-refractivity contribution in [2.45, 2.75) is 6.42 Å². The number of para-hydroxylation sites is 1. The van der Waals surface area contributed by atoms with E-state index in [0.717, 1.165) is 54.9 Å². The number of nitrogens with zero attached hydrogens (tertiary/aromatic N) is 4. The van der Waals surface area contributed by atoms with Crippen molar-refractivity contribution in [1.82, 2.24) is 14.9 Å². The molecule has 0 amide bonds. The molecule has 0 radical (unpaired) electrons. The van der Waals surface area contributed by atoms with Crippen molar-refractivity contribution < 1.29 is 0 Å². The molecule has 2 heterocycles. The Bertz CT molecular complexity index is 575. The third kappa shape index (κ3) is 3.10. The van der Waals surface area contributed by atoms with E-state index in [1.807, 2.05) is 18.3 Å². The summed E-state index contributed by atoms with van der Waals surface area (Å²) in [5.74, 6) is 0.865. The molecule has 0 bridgehead atoms. The second-order valence-corrected chi connectivity index (χ2v) is 5.89. The van der Waals surface area contributed by atoms with Gasteiger partial charge in [0.05, 0.1) is 5.52 Å². The van der Waals surface area contributed by atoms with Crippen LogP contribution in [0.1, 0.15) is 6.42 Å². The summed E-state index contributed by atoms with van der Waals surface area (Å²) < 4.78 is 0. The minimum Gasteiger partial charge on any atom is -0.339 e. The Balaban J connectivity index is 1.77. The summed E-state index contributed by atoms with van der Waals surface area (Å²) in [6.45, 7) is 5.41. The van der Waals surface area contributed by atoms with Crippen LogP contribution in [0.4, 0.5) is 5.95 Å². The fourth-order valence-corrected chi connectivity index (χ4v) is 3.13. The molecule has 0 atom stereocenters. The number of fused-ring (bicyclic) bond motifs is 1. The molecule has 1 saturated heterocycles. The zero-order chi connectivity index (χ0) is 13.8. The highest BCUT2D eigenvalue weighted by Gasteiger charge is 2.16. The van der Waals surface area contributed by atoms with Crippen molar-refractivity contribution in [3.8, 4) is 0 Å². The van der Waals surface area contributed by atoms with Crippen LogP contribution in [0.3, 0.4) is 0 Å². The summed E-state index contributed by atoms with van der Waals surface area (Å²) >= 11 is 3.52. The Hall–Kier alpha value is -1.20. The van der Waals surface area contributed by atoms with E-state index in [4.69, 9.17) is 4.98 Å². The monoisotopic (exact) mass is 334 g/mol. The van der Waals surface area contributed by atoms with Gasteiger partial charge in [-0.2, -0.15) is 0 Å². The minimum absolute atomic E-state index is 0.865. The molecular weight excluding hydrogens is 316 g/mol.